The summed E-state index contributed by atoms with van der Waals surface area (Å²) in [5, 5.41) is 3.58. The number of amides is 2. The number of thiazole rings is 1. The maximum atomic E-state index is 12.2. The molecular formula is C16H23N3O2S. The Morgan fingerprint density at radius 2 is 1.86 bits per heavy atom. The number of nitrogens with zero attached hydrogens (tertiary/aromatic N) is 2. The van der Waals surface area contributed by atoms with Crippen molar-refractivity contribution in [1.82, 2.24) is 9.88 Å². The van der Waals surface area contributed by atoms with Crippen molar-refractivity contribution >= 4 is 28.3 Å². The van der Waals surface area contributed by atoms with Gasteiger partial charge >= 0.3 is 0 Å². The average Bonchev–Trinajstić information content (AvgIpc) is 2.65. The van der Waals surface area contributed by atoms with Crippen molar-refractivity contribution in [2.45, 2.75) is 57.8 Å². The molecule has 1 saturated heterocycles. The van der Waals surface area contributed by atoms with E-state index in [9.17, 15) is 9.59 Å². The van der Waals surface area contributed by atoms with Crippen LogP contribution in [0.15, 0.2) is 0 Å². The van der Waals surface area contributed by atoms with Crippen LogP contribution in [0.25, 0.3) is 0 Å². The molecule has 120 valence electrons. The van der Waals surface area contributed by atoms with Crippen LogP contribution in [-0.4, -0.2) is 34.8 Å². The van der Waals surface area contributed by atoms with E-state index in [-0.39, 0.29) is 18.4 Å². The number of fused-ring (bicyclic) bond motifs is 1. The normalized spacial score (nSPS) is 19.3. The third kappa shape index (κ3) is 3.85. The number of hydrogen-bond donors (Lipinski definition) is 1. The molecule has 3 rings (SSSR count). The summed E-state index contributed by atoms with van der Waals surface area (Å²) in [5.41, 5.74) is 1.16. The first kappa shape index (κ1) is 15.5. The van der Waals surface area contributed by atoms with Gasteiger partial charge in [-0.2, -0.15) is 0 Å². The number of likely N-dealkylation sites (tertiary alicyclic amines) is 1. The molecule has 6 heteroatoms. The Kier molecular flexibility index (Phi) is 5.08. The van der Waals surface area contributed by atoms with Crippen molar-refractivity contribution in [3.8, 4) is 0 Å². The zero-order valence-electron chi connectivity index (χ0n) is 12.9. The van der Waals surface area contributed by atoms with E-state index in [0.29, 0.717) is 18.1 Å². The van der Waals surface area contributed by atoms with Crippen molar-refractivity contribution in [2.24, 2.45) is 0 Å². The van der Waals surface area contributed by atoms with Crippen molar-refractivity contribution in [1.29, 1.82) is 0 Å². The summed E-state index contributed by atoms with van der Waals surface area (Å²) in [7, 11) is 0. The minimum absolute atomic E-state index is 0.0996. The summed E-state index contributed by atoms with van der Waals surface area (Å²) in [5.74, 6) is -0.0262. The average molecular weight is 321 g/mol. The number of carbonyl (C=O) groups is 2. The van der Waals surface area contributed by atoms with Gasteiger partial charge in [-0.05, 0) is 38.5 Å². The van der Waals surface area contributed by atoms with Gasteiger partial charge in [0.15, 0.2) is 5.13 Å². The largest absolute Gasteiger partial charge is 0.333 e. The van der Waals surface area contributed by atoms with Crippen LogP contribution in [0, 0.1) is 0 Å². The monoisotopic (exact) mass is 321 g/mol. The van der Waals surface area contributed by atoms with Crippen LogP contribution >= 0.6 is 11.3 Å². The van der Waals surface area contributed by atoms with Crippen LogP contribution in [0.1, 0.15) is 55.5 Å². The Hall–Kier alpha value is -1.43. The first-order valence-electron chi connectivity index (χ1n) is 8.28. The zero-order valence-corrected chi connectivity index (χ0v) is 13.7. The predicted octanol–water partition coefficient (Wildman–Crippen LogP) is 2.75. The van der Waals surface area contributed by atoms with Crippen molar-refractivity contribution < 1.29 is 9.59 Å². The third-order valence-electron chi connectivity index (χ3n) is 4.35. The van der Waals surface area contributed by atoms with Gasteiger partial charge in [0.05, 0.1) is 12.2 Å². The molecule has 0 aromatic carbocycles. The number of rotatable bonds is 3. The molecule has 1 aromatic rings. The lowest BCUT2D eigenvalue weighted by atomic mass is 10.2. The molecule has 5 nitrogen and oxygen atoms in total. The number of aromatic nitrogens is 1. The van der Waals surface area contributed by atoms with Gasteiger partial charge in [0.1, 0.15) is 0 Å². The lowest BCUT2D eigenvalue weighted by molar-refractivity contribution is -0.134. The van der Waals surface area contributed by atoms with Gasteiger partial charge < -0.3 is 10.2 Å². The van der Waals surface area contributed by atoms with Crippen LogP contribution in [-0.2, 0) is 22.4 Å². The van der Waals surface area contributed by atoms with E-state index in [1.165, 1.54) is 24.1 Å². The minimum atomic E-state index is -0.126. The van der Waals surface area contributed by atoms with Crippen LogP contribution in [0.2, 0.25) is 0 Å². The van der Waals surface area contributed by atoms with Crippen LogP contribution in [0.4, 0.5) is 5.13 Å². The summed E-state index contributed by atoms with van der Waals surface area (Å²) in [6.07, 6.45) is 9.33. The molecule has 1 fully saturated rings. The molecule has 0 atom stereocenters. The highest BCUT2D eigenvalue weighted by Gasteiger charge is 2.20. The van der Waals surface area contributed by atoms with E-state index in [4.69, 9.17) is 0 Å². The molecule has 2 amide bonds. The Labute approximate surface area is 135 Å². The van der Waals surface area contributed by atoms with Gasteiger partial charge in [-0.1, -0.05) is 12.8 Å². The van der Waals surface area contributed by atoms with E-state index >= 15 is 0 Å². The van der Waals surface area contributed by atoms with Gasteiger partial charge in [-0.3, -0.25) is 9.59 Å². The Bertz CT molecular complexity index is 532. The summed E-state index contributed by atoms with van der Waals surface area (Å²) in [6.45, 7) is 0.851. The van der Waals surface area contributed by atoms with Gasteiger partial charge in [0.2, 0.25) is 11.8 Å². The fourth-order valence-corrected chi connectivity index (χ4v) is 4.19. The van der Waals surface area contributed by atoms with Crippen LogP contribution < -0.4 is 5.32 Å². The molecule has 1 N–H and O–H groups in total. The molecule has 1 aromatic heterocycles. The third-order valence-corrected chi connectivity index (χ3v) is 5.42. The summed E-state index contributed by atoms with van der Waals surface area (Å²) in [4.78, 5) is 31.7. The second-order valence-corrected chi connectivity index (χ2v) is 7.21. The van der Waals surface area contributed by atoms with Crippen LogP contribution in [0.3, 0.4) is 0 Å². The fourth-order valence-electron chi connectivity index (χ4n) is 3.12. The topological polar surface area (TPSA) is 62.3 Å². The summed E-state index contributed by atoms with van der Waals surface area (Å²) in [6, 6.07) is 0. The maximum absolute atomic E-state index is 12.2. The maximum Gasteiger partial charge on any atom is 0.245 e. The molecule has 0 unspecified atom stereocenters. The Balaban J connectivity index is 1.58. The molecule has 2 aliphatic rings. The highest BCUT2D eigenvalue weighted by Crippen LogP contribution is 2.28. The lowest BCUT2D eigenvalue weighted by Crippen LogP contribution is -2.37. The molecule has 0 radical (unpaired) electrons. The number of aryl methyl sites for hydroxylation is 2. The van der Waals surface area contributed by atoms with E-state index in [2.05, 4.69) is 10.3 Å². The molecule has 0 bridgehead atoms. The predicted molar refractivity (Wildman–Crippen MR) is 87.1 cm³/mol. The molecule has 1 aliphatic carbocycles. The Morgan fingerprint density at radius 1 is 1.09 bits per heavy atom. The summed E-state index contributed by atoms with van der Waals surface area (Å²) < 4.78 is 0. The SMILES string of the molecule is O=C(CN1CCCCCC1=O)Nc1nc2c(s1)CCCCC2. The van der Waals surface area contributed by atoms with Crippen molar-refractivity contribution in [3.05, 3.63) is 10.6 Å². The highest BCUT2D eigenvalue weighted by atomic mass is 32.1. The van der Waals surface area contributed by atoms with Crippen LogP contribution in [0.5, 0.6) is 0 Å². The molecule has 2 heterocycles. The fraction of sp³-hybridized carbons (Fsp3) is 0.688. The summed E-state index contributed by atoms with van der Waals surface area (Å²) >= 11 is 1.60. The van der Waals surface area contributed by atoms with E-state index in [1.54, 1.807) is 16.2 Å². The van der Waals surface area contributed by atoms with E-state index in [1.807, 2.05) is 0 Å². The first-order chi connectivity index (χ1) is 10.7. The molecule has 0 spiro atoms. The number of nitrogens with one attached hydrogen (secondary N) is 1. The minimum Gasteiger partial charge on any atom is -0.333 e. The second-order valence-electron chi connectivity index (χ2n) is 6.12. The molecule has 0 saturated carbocycles. The number of anilines is 1. The van der Waals surface area contributed by atoms with Gasteiger partial charge in [0, 0.05) is 17.8 Å². The van der Waals surface area contributed by atoms with E-state index in [0.717, 1.165) is 37.8 Å². The zero-order chi connectivity index (χ0) is 15.4. The first-order valence-corrected chi connectivity index (χ1v) is 9.10. The Morgan fingerprint density at radius 3 is 2.77 bits per heavy atom. The number of hydrogen-bond acceptors (Lipinski definition) is 4. The molecule has 1 aliphatic heterocycles. The van der Waals surface area contributed by atoms with Crippen molar-refractivity contribution in [2.75, 3.05) is 18.4 Å². The van der Waals surface area contributed by atoms with Gasteiger partial charge in [-0.15, -0.1) is 11.3 Å². The standard InChI is InChI=1S/C16H23N3O2S/c20-14(11-19-10-6-2-5-9-15(19)21)18-16-17-12-7-3-1-4-8-13(12)22-16/h1-11H2,(H,17,18,20). The molecule has 22 heavy (non-hydrogen) atoms. The smallest absolute Gasteiger partial charge is 0.245 e. The van der Waals surface area contributed by atoms with Gasteiger partial charge in [-0.25, -0.2) is 4.98 Å². The van der Waals surface area contributed by atoms with Crippen molar-refractivity contribution in [3.63, 3.8) is 0 Å². The molecular weight excluding hydrogens is 298 g/mol. The second kappa shape index (κ2) is 7.22. The van der Waals surface area contributed by atoms with E-state index < -0.39 is 0 Å². The van der Waals surface area contributed by atoms with Gasteiger partial charge in [0.25, 0.3) is 0 Å². The quantitative estimate of drug-likeness (QED) is 0.871. The highest BCUT2D eigenvalue weighted by molar-refractivity contribution is 7.15. The lowest BCUT2D eigenvalue weighted by Gasteiger charge is -2.19. The number of carbonyl (C=O) groups excluding carboxylic acids is 2.